The van der Waals surface area contributed by atoms with Crippen molar-refractivity contribution >= 4 is 35.3 Å². The molecule has 5 heavy (non-hydrogen) atoms. The second-order valence-corrected chi connectivity index (χ2v) is 0.964. The van der Waals surface area contributed by atoms with Gasteiger partial charge in [-0.1, -0.05) is 0 Å². The normalized spacial score (nSPS) is 7.00. The Morgan fingerprint density at radius 3 is 1.40 bits per heavy atom. The van der Waals surface area contributed by atoms with Crippen molar-refractivity contribution in [1.29, 1.82) is 0 Å². The third-order valence-electron chi connectivity index (χ3n) is 0. The molecule has 0 heterocycles. The van der Waals surface area contributed by atoms with Crippen molar-refractivity contribution in [3.63, 3.8) is 0 Å². The Kier molecular flexibility index (Phi) is 9.24. The van der Waals surface area contributed by atoms with Crippen LogP contribution in [0.4, 0.5) is 0 Å². The van der Waals surface area contributed by atoms with Crippen LogP contribution in [0.2, 0.25) is 0 Å². The summed E-state index contributed by atoms with van der Waals surface area (Å²) in [6.07, 6.45) is 0. The molecule has 0 atom stereocenters. The van der Waals surface area contributed by atoms with Gasteiger partial charge in [0.2, 0.25) is 0 Å². The van der Waals surface area contributed by atoms with Crippen molar-refractivity contribution in [2.45, 2.75) is 0 Å². The zero-order valence-electron chi connectivity index (χ0n) is 3.73. The monoisotopic (exact) mass is 265 g/mol. The zero-order chi connectivity index (χ0) is 3.58. The minimum atomic E-state index is 0. The van der Waals surface area contributed by atoms with Crippen LogP contribution in [0.25, 0.3) is 0 Å². The Labute approximate surface area is 54.3 Å². The van der Waals surface area contributed by atoms with Crippen molar-refractivity contribution in [1.82, 2.24) is 4.81 Å². The first-order valence-corrected chi connectivity index (χ1v) is 1.15. The van der Waals surface area contributed by atoms with Gasteiger partial charge in [0.25, 0.3) is 0 Å². The maximum absolute atomic E-state index is 4.94. The second kappa shape index (κ2) is 4.95. The van der Waals surface area contributed by atoms with E-state index in [9.17, 15) is 0 Å². The van der Waals surface area contributed by atoms with Crippen molar-refractivity contribution in [2.24, 2.45) is 0 Å². The molecule has 0 aliphatic rings. The summed E-state index contributed by atoms with van der Waals surface area (Å²) in [5, 5.41) is 0. The fourth-order valence-corrected chi connectivity index (χ4v) is 0. The van der Waals surface area contributed by atoms with Crippen molar-refractivity contribution in [3.8, 4) is 0 Å². The molecule has 0 saturated carbocycles. The molecular formula is C2H8BNPb. The van der Waals surface area contributed by atoms with Crippen LogP contribution >= 0.6 is 0 Å². The van der Waals surface area contributed by atoms with Gasteiger partial charge in [0, 0.05) is 0 Å². The molecule has 0 spiro atoms. The van der Waals surface area contributed by atoms with Crippen LogP contribution in [0.5, 0.6) is 0 Å². The van der Waals surface area contributed by atoms with Gasteiger partial charge >= 0.3 is 27.3 Å². The minimum absolute atomic E-state index is 0. The predicted molar refractivity (Wildman–Crippen MR) is 28.0 cm³/mol. The molecule has 0 amide bonds. The van der Waals surface area contributed by atoms with E-state index in [-0.39, 0.29) is 27.3 Å². The van der Waals surface area contributed by atoms with Gasteiger partial charge in [-0.2, -0.15) is 0 Å². The average Bonchev–Trinajstić information content (AvgIpc) is 0.811. The first-order chi connectivity index (χ1) is 1.73. The molecule has 4 radical (unpaired) electrons. The van der Waals surface area contributed by atoms with Crippen LogP contribution < -0.4 is 0 Å². The first kappa shape index (κ1) is 9.34. The van der Waals surface area contributed by atoms with E-state index in [0.717, 1.165) is 0 Å². The SMILES string of the molecule is [B]N(C)C.[PbH2]. The summed E-state index contributed by atoms with van der Waals surface area (Å²) < 4.78 is 0. The summed E-state index contributed by atoms with van der Waals surface area (Å²) in [6, 6.07) is 0. The molecule has 3 heteroatoms. The average molecular weight is 264 g/mol. The molecule has 0 bridgehead atoms. The molecule has 28 valence electrons. The standard InChI is InChI=1S/C2H6BN.Pb.2H/c1-4(2)3;;;/h1-2H3;;;. The Morgan fingerprint density at radius 2 is 1.40 bits per heavy atom. The zero-order valence-corrected chi connectivity index (χ0v) is 9.23. The van der Waals surface area contributed by atoms with Gasteiger partial charge in [0.1, 0.15) is 0 Å². The Morgan fingerprint density at radius 1 is 1.40 bits per heavy atom. The molecule has 0 N–H and O–H groups in total. The third-order valence-corrected chi connectivity index (χ3v) is 0. The van der Waals surface area contributed by atoms with E-state index in [0.29, 0.717) is 0 Å². The quantitative estimate of drug-likeness (QED) is 0.492. The summed E-state index contributed by atoms with van der Waals surface area (Å²) in [5.74, 6) is 0. The van der Waals surface area contributed by atoms with Gasteiger partial charge in [0.05, 0.1) is 0 Å². The molecule has 0 aromatic heterocycles. The van der Waals surface area contributed by atoms with E-state index in [1.165, 1.54) is 4.81 Å². The molecule has 0 aromatic carbocycles. The molecular weight excluding hydrogens is 256 g/mol. The fraction of sp³-hybridized carbons (Fsp3) is 1.00. The third kappa shape index (κ3) is 47.9. The number of nitrogens with zero attached hydrogens (tertiary/aromatic N) is 1. The molecule has 1 nitrogen and oxygen atoms in total. The topological polar surface area (TPSA) is 3.24 Å². The van der Waals surface area contributed by atoms with E-state index in [4.69, 9.17) is 7.98 Å². The van der Waals surface area contributed by atoms with Gasteiger partial charge < -0.3 is 4.81 Å². The Balaban J connectivity index is 0. The molecule has 0 saturated heterocycles. The van der Waals surface area contributed by atoms with Crippen molar-refractivity contribution < 1.29 is 0 Å². The van der Waals surface area contributed by atoms with E-state index in [2.05, 4.69) is 0 Å². The van der Waals surface area contributed by atoms with Gasteiger partial charge in [-0.05, 0) is 14.1 Å². The van der Waals surface area contributed by atoms with E-state index in [1.54, 1.807) is 14.1 Å². The molecule has 0 aliphatic carbocycles. The Bertz CT molecular complexity index is 14.4. The molecule has 0 aliphatic heterocycles. The van der Waals surface area contributed by atoms with Gasteiger partial charge in [0.15, 0.2) is 7.98 Å². The Hall–Kier alpha value is 0.947. The first-order valence-electron chi connectivity index (χ1n) is 1.15. The summed E-state index contributed by atoms with van der Waals surface area (Å²) in [6.45, 7) is 0. The van der Waals surface area contributed by atoms with Crippen molar-refractivity contribution in [2.75, 3.05) is 14.1 Å². The maximum atomic E-state index is 4.94. The van der Waals surface area contributed by atoms with Crippen LogP contribution in [0.3, 0.4) is 0 Å². The number of rotatable bonds is 0. The van der Waals surface area contributed by atoms with E-state index in [1.807, 2.05) is 0 Å². The number of hydrogen-bond donors (Lipinski definition) is 0. The van der Waals surface area contributed by atoms with E-state index >= 15 is 0 Å². The van der Waals surface area contributed by atoms with Crippen LogP contribution in [-0.4, -0.2) is 54.2 Å². The van der Waals surface area contributed by atoms with Gasteiger partial charge in [-0.15, -0.1) is 0 Å². The van der Waals surface area contributed by atoms with E-state index < -0.39 is 0 Å². The summed E-state index contributed by atoms with van der Waals surface area (Å²) in [4.78, 5) is 1.50. The fourth-order valence-electron chi connectivity index (χ4n) is 0. The van der Waals surface area contributed by atoms with Crippen LogP contribution in [-0.2, 0) is 0 Å². The van der Waals surface area contributed by atoms with Crippen LogP contribution in [0.1, 0.15) is 0 Å². The van der Waals surface area contributed by atoms with Gasteiger partial charge in [-0.3, -0.25) is 0 Å². The van der Waals surface area contributed by atoms with Gasteiger partial charge in [-0.25, -0.2) is 0 Å². The summed E-state index contributed by atoms with van der Waals surface area (Å²) >= 11 is 0. The number of hydrogen-bond acceptors (Lipinski definition) is 1. The van der Waals surface area contributed by atoms with Crippen LogP contribution in [0.15, 0.2) is 0 Å². The molecule has 0 unspecified atom stereocenters. The molecule has 0 aromatic rings. The van der Waals surface area contributed by atoms with Crippen molar-refractivity contribution in [3.05, 3.63) is 0 Å². The molecule has 0 rings (SSSR count). The predicted octanol–water partition coefficient (Wildman–Crippen LogP) is -1.28. The summed E-state index contributed by atoms with van der Waals surface area (Å²) in [5.41, 5.74) is 0. The molecule has 0 fully saturated rings. The summed E-state index contributed by atoms with van der Waals surface area (Å²) in [7, 11) is 8.50. The van der Waals surface area contributed by atoms with Crippen LogP contribution in [0, 0.1) is 0 Å². The second-order valence-electron chi connectivity index (χ2n) is 0.964.